The molecule has 0 amide bonds. The number of rotatable bonds is 8. The number of fused-ring (bicyclic) bond motifs is 1. The van der Waals surface area contributed by atoms with Crippen LogP contribution in [0.3, 0.4) is 0 Å². The van der Waals surface area contributed by atoms with Gasteiger partial charge in [0, 0.05) is 32.5 Å². The molecule has 30 heavy (non-hydrogen) atoms. The SMILES string of the molecule is C[Si](C)(C)CCOCn1cnc2nc(-c3cccnc3NC3CCCCC3)cnc21. The van der Waals surface area contributed by atoms with E-state index in [-0.39, 0.29) is 0 Å². The molecule has 160 valence electrons. The zero-order chi connectivity index (χ0) is 21.0. The predicted molar refractivity (Wildman–Crippen MR) is 123 cm³/mol. The van der Waals surface area contributed by atoms with Gasteiger partial charge >= 0.3 is 0 Å². The summed E-state index contributed by atoms with van der Waals surface area (Å²) in [5, 5.41) is 3.63. The molecule has 4 rings (SSSR count). The van der Waals surface area contributed by atoms with Crippen LogP contribution in [0.25, 0.3) is 22.6 Å². The molecule has 1 fully saturated rings. The molecule has 0 atom stereocenters. The summed E-state index contributed by atoms with van der Waals surface area (Å²) in [7, 11) is -1.09. The van der Waals surface area contributed by atoms with Gasteiger partial charge in [-0.15, -0.1) is 0 Å². The van der Waals surface area contributed by atoms with E-state index < -0.39 is 8.07 Å². The van der Waals surface area contributed by atoms with Crippen molar-refractivity contribution in [3.05, 3.63) is 30.9 Å². The molecule has 0 saturated heterocycles. The van der Waals surface area contributed by atoms with E-state index in [2.05, 4.69) is 39.9 Å². The quantitative estimate of drug-likeness (QED) is 0.407. The highest BCUT2D eigenvalue weighted by molar-refractivity contribution is 6.76. The van der Waals surface area contributed by atoms with Crippen molar-refractivity contribution in [2.24, 2.45) is 0 Å². The van der Waals surface area contributed by atoms with Crippen LogP contribution in [-0.2, 0) is 11.5 Å². The largest absolute Gasteiger partial charge is 0.367 e. The summed E-state index contributed by atoms with van der Waals surface area (Å²) in [6.07, 6.45) is 11.7. The zero-order valence-corrected chi connectivity index (χ0v) is 19.3. The number of ether oxygens (including phenoxy) is 1. The maximum Gasteiger partial charge on any atom is 0.198 e. The molecule has 0 aromatic carbocycles. The molecule has 1 saturated carbocycles. The lowest BCUT2D eigenvalue weighted by atomic mass is 9.95. The molecule has 0 bridgehead atoms. The summed E-state index contributed by atoms with van der Waals surface area (Å²) in [4.78, 5) is 18.4. The smallest absolute Gasteiger partial charge is 0.198 e. The second-order valence-electron chi connectivity index (χ2n) is 9.34. The third-order valence-electron chi connectivity index (χ3n) is 5.58. The van der Waals surface area contributed by atoms with E-state index in [0.29, 0.717) is 18.4 Å². The van der Waals surface area contributed by atoms with E-state index in [9.17, 15) is 0 Å². The first kappa shape index (κ1) is 20.9. The molecular formula is C22H32N6OSi. The zero-order valence-electron chi connectivity index (χ0n) is 18.3. The first-order valence-corrected chi connectivity index (χ1v) is 14.7. The van der Waals surface area contributed by atoms with E-state index in [1.165, 1.54) is 32.1 Å². The van der Waals surface area contributed by atoms with Crippen LogP contribution in [-0.4, -0.2) is 45.2 Å². The van der Waals surface area contributed by atoms with Crippen LogP contribution >= 0.6 is 0 Å². The number of hydrogen-bond acceptors (Lipinski definition) is 6. The van der Waals surface area contributed by atoms with Gasteiger partial charge in [-0.2, -0.15) is 0 Å². The number of anilines is 1. The second kappa shape index (κ2) is 9.22. The van der Waals surface area contributed by atoms with Crippen LogP contribution in [0, 0.1) is 0 Å². The molecule has 0 spiro atoms. The van der Waals surface area contributed by atoms with E-state index in [1.807, 2.05) is 29.1 Å². The second-order valence-corrected chi connectivity index (χ2v) is 15.0. The number of hydrogen-bond donors (Lipinski definition) is 1. The minimum absolute atomic E-state index is 0.455. The van der Waals surface area contributed by atoms with Gasteiger partial charge in [0.1, 0.15) is 18.9 Å². The topological polar surface area (TPSA) is 77.8 Å². The fourth-order valence-corrected chi connectivity index (χ4v) is 4.53. The fraction of sp³-hybridized carbons (Fsp3) is 0.545. The van der Waals surface area contributed by atoms with E-state index in [0.717, 1.165) is 35.4 Å². The Hall–Kier alpha value is -2.32. The average Bonchev–Trinajstić information content (AvgIpc) is 3.14. The fourth-order valence-electron chi connectivity index (χ4n) is 3.77. The molecule has 3 aromatic rings. The Morgan fingerprint density at radius 1 is 1.13 bits per heavy atom. The van der Waals surface area contributed by atoms with Gasteiger partial charge in [-0.1, -0.05) is 38.9 Å². The maximum absolute atomic E-state index is 5.85. The summed E-state index contributed by atoms with van der Waals surface area (Å²) < 4.78 is 7.77. The highest BCUT2D eigenvalue weighted by Crippen LogP contribution is 2.28. The van der Waals surface area contributed by atoms with Crippen molar-refractivity contribution in [3.8, 4) is 11.3 Å². The molecule has 8 heteroatoms. The van der Waals surface area contributed by atoms with E-state index in [4.69, 9.17) is 9.72 Å². The number of pyridine rings is 1. The van der Waals surface area contributed by atoms with Crippen molar-refractivity contribution in [1.29, 1.82) is 0 Å². The minimum Gasteiger partial charge on any atom is -0.367 e. The first-order chi connectivity index (χ1) is 14.5. The Kier molecular flexibility index (Phi) is 6.43. The Morgan fingerprint density at radius 2 is 1.97 bits per heavy atom. The number of imidazole rings is 1. The summed E-state index contributed by atoms with van der Waals surface area (Å²) in [5.41, 5.74) is 3.14. The number of nitrogens with one attached hydrogen (secondary N) is 1. The molecule has 0 radical (unpaired) electrons. The molecule has 3 heterocycles. The van der Waals surface area contributed by atoms with Crippen molar-refractivity contribution in [1.82, 2.24) is 24.5 Å². The van der Waals surface area contributed by atoms with Gasteiger partial charge < -0.3 is 10.1 Å². The average molecular weight is 425 g/mol. The summed E-state index contributed by atoms with van der Waals surface area (Å²) in [6.45, 7) is 8.28. The normalized spacial score (nSPS) is 15.6. The maximum atomic E-state index is 5.85. The number of aromatic nitrogens is 5. The van der Waals surface area contributed by atoms with Crippen molar-refractivity contribution in [2.45, 2.75) is 70.6 Å². The Bertz CT molecular complexity index is 977. The summed E-state index contributed by atoms with van der Waals surface area (Å²) >= 11 is 0. The van der Waals surface area contributed by atoms with Crippen molar-refractivity contribution in [2.75, 3.05) is 11.9 Å². The summed E-state index contributed by atoms with van der Waals surface area (Å²) in [5.74, 6) is 0.882. The molecule has 1 aliphatic carbocycles. The highest BCUT2D eigenvalue weighted by atomic mass is 28.3. The van der Waals surface area contributed by atoms with Crippen LogP contribution in [0.2, 0.25) is 25.7 Å². The first-order valence-electron chi connectivity index (χ1n) is 11.0. The lowest BCUT2D eigenvalue weighted by Crippen LogP contribution is -2.23. The van der Waals surface area contributed by atoms with Crippen molar-refractivity contribution < 1.29 is 4.74 Å². The predicted octanol–water partition coefficient (Wildman–Crippen LogP) is 4.95. The van der Waals surface area contributed by atoms with E-state index in [1.54, 1.807) is 6.33 Å². The van der Waals surface area contributed by atoms with Gasteiger partial charge in [-0.3, -0.25) is 4.57 Å². The molecule has 0 aliphatic heterocycles. The Morgan fingerprint density at radius 3 is 2.77 bits per heavy atom. The summed E-state index contributed by atoms with van der Waals surface area (Å²) in [6, 6.07) is 5.62. The monoisotopic (exact) mass is 424 g/mol. The van der Waals surface area contributed by atoms with Crippen LogP contribution in [0.15, 0.2) is 30.9 Å². The van der Waals surface area contributed by atoms with Crippen LogP contribution in [0.5, 0.6) is 0 Å². The highest BCUT2D eigenvalue weighted by Gasteiger charge is 2.17. The van der Waals surface area contributed by atoms with Crippen LogP contribution in [0.1, 0.15) is 32.1 Å². The molecule has 1 aliphatic rings. The van der Waals surface area contributed by atoms with Gasteiger partial charge in [-0.25, -0.2) is 19.9 Å². The third kappa shape index (κ3) is 5.23. The van der Waals surface area contributed by atoms with Crippen LogP contribution in [0.4, 0.5) is 5.82 Å². The van der Waals surface area contributed by atoms with Crippen LogP contribution < -0.4 is 5.32 Å². The molecular weight excluding hydrogens is 392 g/mol. The molecule has 7 nitrogen and oxygen atoms in total. The van der Waals surface area contributed by atoms with Gasteiger partial charge in [0.2, 0.25) is 0 Å². The third-order valence-corrected chi connectivity index (χ3v) is 7.29. The van der Waals surface area contributed by atoms with Gasteiger partial charge in [0.05, 0.1) is 11.9 Å². The Labute approximate surface area is 179 Å². The van der Waals surface area contributed by atoms with Crippen molar-refractivity contribution >= 4 is 25.2 Å². The Balaban J connectivity index is 1.49. The standard InChI is InChI=1S/C22H32N6OSi/c1-30(2,3)13-12-29-16-28-15-25-21-22(28)24-14-19(27-21)18-10-7-11-23-20(18)26-17-8-5-4-6-9-17/h7,10-11,14-15,17H,4-6,8-9,12-13,16H2,1-3H3,(H,23,26). The van der Waals surface area contributed by atoms with Gasteiger partial charge in [-0.05, 0) is 31.0 Å². The van der Waals surface area contributed by atoms with Gasteiger partial charge in [0.15, 0.2) is 11.3 Å². The molecule has 3 aromatic heterocycles. The molecule has 1 N–H and O–H groups in total. The van der Waals surface area contributed by atoms with E-state index >= 15 is 0 Å². The minimum atomic E-state index is -1.09. The number of nitrogens with zero attached hydrogens (tertiary/aromatic N) is 5. The lowest BCUT2D eigenvalue weighted by molar-refractivity contribution is 0.0895. The van der Waals surface area contributed by atoms with Gasteiger partial charge in [0.25, 0.3) is 0 Å². The van der Waals surface area contributed by atoms with Crippen molar-refractivity contribution in [3.63, 3.8) is 0 Å². The lowest BCUT2D eigenvalue weighted by Gasteiger charge is -2.24. The molecule has 0 unspecified atom stereocenters.